The van der Waals surface area contributed by atoms with E-state index in [-0.39, 0.29) is 11.7 Å². The lowest BCUT2D eigenvalue weighted by Gasteiger charge is -2.06. The zero-order valence-corrected chi connectivity index (χ0v) is 14.9. The molecule has 3 aromatic rings. The average molecular weight is 360 g/mol. The Morgan fingerprint density at radius 3 is 2.44 bits per heavy atom. The van der Waals surface area contributed by atoms with E-state index in [4.69, 9.17) is 4.74 Å². The van der Waals surface area contributed by atoms with Gasteiger partial charge in [-0.1, -0.05) is 42.5 Å². The fraction of sp³-hybridized carbons (Fsp3) is 0.0909. The molecule has 5 nitrogen and oxygen atoms in total. The molecule has 27 heavy (non-hydrogen) atoms. The molecule has 5 heteroatoms. The number of nitrogens with zero attached hydrogens (tertiary/aromatic N) is 1. The largest absolute Gasteiger partial charge is 0.504 e. The summed E-state index contributed by atoms with van der Waals surface area (Å²) < 4.78 is 5.32. The summed E-state index contributed by atoms with van der Waals surface area (Å²) in [7, 11) is 0. The maximum Gasteiger partial charge on any atom is 0.271 e. The van der Waals surface area contributed by atoms with Crippen molar-refractivity contribution in [2.75, 3.05) is 6.61 Å². The summed E-state index contributed by atoms with van der Waals surface area (Å²) in [6.07, 6.45) is 1.50. The molecule has 136 valence electrons. The lowest BCUT2D eigenvalue weighted by molar-refractivity contribution is 0.0955. The number of amides is 1. The van der Waals surface area contributed by atoms with Crippen LogP contribution in [0.25, 0.3) is 11.1 Å². The zero-order valence-electron chi connectivity index (χ0n) is 14.9. The van der Waals surface area contributed by atoms with Gasteiger partial charge in [0, 0.05) is 5.56 Å². The van der Waals surface area contributed by atoms with E-state index >= 15 is 0 Å². The van der Waals surface area contributed by atoms with Crippen LogP contribution in [-0.2, 0) is 0 Å². The summed E-state index contributed by atoms with van der Waals surface area (Å²) in [6.45, 7) is 2.29. The molecule has 0 saturated heterocycles. The van der Waals surface area contributed by atoms with E-state index in [0.717, 1.165) is 11.1 Å². The summed E-state index contributed by atoms with van der Waals surface area (Å²) in [5.41, 5.74) is 5.87. The van der Waals surface area contributed by atoms with E-state index in [9.17, 15) is 9.90 Å². The normalized spacial score (nSPS) is 10.7. The van der Waals surface area contributed by atoms with Gasteiger partial charge in [0.2, 0.25) is 0 Å². The number of aromatic hydroxyl groups is 1. The monoisotopic (exact) mass is 360 g/mol. The van der Waals surface area contributed by atoms with Crippen molar-refractivity contribution in [1.82, 2.24) is 5.43 Å². The first-order valence-corrected chi connectivity index (χ1v) is 8.62. The van der Waals surface area contributed by atoms with Crippen LogP contribution in [0.4, 0.5) is 0 Å². The van der Waals surface area contributed by atoms with Gasteiger partial charge >= 0.3 is 0 Å². The molecule has 3 aromatic carbocycles. The highest BCUT2D eigenvalue weighted by atomic mass is 16.5. The van der Waals surface area contributed by atoms with Crippen LogP contribution >= 0.6 is 0 Å². The van der Waals surface area contributed by atoms with Crippen molar-refractivity contribution in [1.29, 1.82) is 0 Å². The summed E-state index contributed by atoms with van der Waals surface area (Å²) in [5.74, 6) is 0.149. The molecule has 0 fully saturated rings. The van der Waals surface area contributed by atoms with Crippen LogP contribution < -0.4 is 10.2 Å². The molecule has 0 atom stereocenters. The molecule has 3 rings (SSSR count). The number of carbonyl (C=O) groups is 1. The molecule has 1 amide bonds. The van der Waals surface area contributed by atoms with Gasteiger partial charge in [-0.05, 0) is 53.9 Å². The minimum atomic E-state index is -0.297. The maximum atomic E-state index is 12.2. The van der Waals surface area contributed by atoms with Crippen molar-refractivity contribution >= 4 is 12.1 Å². The van der Waals surface area contributed by atoms with Gasteiger partial charge in [0.25, 0.3) is 5.91 Å². The van der Waals surface area contributed by atoms with E-state index in [0.29, 0.717) is 23.5 Å². The Morgan fingerprint density at radius 1 is 1.04 bits per heavy atom. The average Bonchev–Trinajstić information content (AvgIpc) is 2.71. The number of rotatable bonds is 6. The number of ether oxygens (including phenoxy) is 1. The smallest absolute Gasteiger partial charge is 0.271 e. The molecular weight excluding hydrogens is 340 g/mol. The highest BCUT2D eigenvalue weighted by Gasteiger charge is 2.05. The third-order valence-corrected chi connectivity index (χ3v) is 3.92. The Bertz CT molecular complexity index is 936. The van der Waals surface area contributed by atoms with Crippen LogP contribution in [0.15, 0.2) is 77.9 Å². The first kappa shape index (κ1) is 18.2. The highest BCUT2D eigenvalue weighted by molar-refractivity contribution is 5.95. The second-order valence-corrected chi connectivity index (χ2v) is 5.80. The van der Waals surface area contributed by atoms with Gasteiger partial charge < -0.3 is 9.84 Å². The third kappa shape index (κ3) is 4.73. The Hall–Kier alpha value is -3.60. The molecule has 0 unspecified atom stereocenters. The molecule has 0 aromatic heterocycles. The number of hydrogen-bond acceptors (Lipinski definition) is 4. The minimum absolute atomic E-state index is 0.0662. The second kappa shape index (κ2) is 8.67. The van der Waals surface area contributed by atoms with Gasteiger partial charge in [0.15, 0.2) is 11.5 Å². The number of nitrogens with one attached hydrogen (secondary N) is 1. The van der Waals surface area contributed by atoms with E-state index in [2.05, 4.69) is 10.5 Å². The molecule has 0 aliphatic heterocycles. The minimum Gasteiger partial charge on any atom is -0.504 e. The van der Waals surface area contributed by atoms with E-state index in [1.807, 2.05) is 49.4 Å². The van der Waals surface area contributed by atoms with Crippen molar-refractivity contribution in [2.45, 2.75) is 6.92 Å². The number of carbonyl (C=O) groups excluding carboxylic acids is 1. The molecule has 0 aliphatic carbocycles. The molecule has 0 heterocycles. The number of hydrogen-bond donors (Lipinski definition) is 2. The van der Waals surface area contributed by atoms with E-state index < -0.39 is 0 Å². The molecule has 0 radical (unpaired) electrons. The summed E-state index contributed by atoms with van der Waals surface area (Å²) in [5, 5.41) is 13.7. The number of phenols is 1. The van der Waals surface area contributed by atoms with Gasteiger partial charge in [0.1, 0.15) is 0 Å². The quantitative estimate of drug-likeness (QED) is 0.511. The number of phenolic OH excluding ortho intramolecular Hbond substituents is 1. The lowest BCUT2D eigenvalue weighted by Crippen LogP contribution is -2.17. The molecule has 0 bridgehead atoms. The number of benzene rings is 3. The molecule has 0 aliphatic rings. The van der Waals surface area contributed by atoms with Gasteiger partial charge in [-0.15, -0.1) is 0 Å². The standard InChI is InChI=1S/C22H20N2O3/c1-2-27-21-14-16(8-13-20(21)25)15-23-24-22(26)19-11-9-18(10-12-19)17-6-4-3-5-7-17/h3-15,25H,2H2,1H3,(H,24,26)/b23-15-. The molecular formula is C22H20N2O3. The van der Waals surface area contributed by atoms with Crippen LogP contribution in [0.2, 0.25) is 0 Å². The van der Waals surface area contributed by atoms with Gasteiger partial charge in [0.05, 0.1) is 12.8 Å². The maximum absolute atomic E-state index is 12.2. The first-order valence-electron chi connectivity index (χ1n) is 8.62. The summed E-state index contributed by atoms with van der Waals surface area (Å²) >= 11 is 0. The van der Waals surface area contributed by atoms with Gasteiger partial charge in [-0.3, -0.25) is 4.79 Å². The fourth-order valence-corrected chi connectivity index (χ4v) is 2.56. The number of hydrazone groups is 1. The Morgan fingerprint density at radius 2 is 1.74 bits per heavy atom. The van der Waals surface area contributed by atoms with Crippen LogP contribution in [0.5, 0.6) is 11.5 Å². The van der Waals surface area contributed by atoms with Crippen LogP contribution in [0.3, 0.4) is 0 Å². The Kier molecular flexibility index (Phi) is 5.84. The predicted octanol–water partition coefficient (Wildman–Crippen LogP) is 4.22. The van der Waals surface area contributed by atoms with Gasteiger partial charge in [-0.2, -0.15) is 5.10 Å². The van der Waals surface area contributed by atoms with Crippen molar-refractivity contribution in [3.05, 3.63) is 83.9 Å². The fourth-order valence-electron chi connectivity index (χ4n) is 2.56. The van der Waals surface area contributed by atoms with Crippen molar-refractivity contribution in [3.63, 3.8) is 0 Å². The Labute approximate surface area is 157 Å². The third-order valence-electron chi connectivity index (χ3n) is 3.92. The highest BCUT2D eigenvalue weighted by Crippen LogP contribution is 2.26. The summed E-state index contributed by atoms with van der Waals surface area (Å²) in [4.78, 5) is 12.2. The van der Waals surface area contributed by atoms with E-state index in [1.165, 1.54) is 12.3 Å². The van der Waals surface area contributed by atoms with Crippen molar-refractivity contribution < 1.29 is 14.6 Å². The SMILES string of the molecule is CCOc1cc(/C=N\NC(=O)c2ccc(-c3ccccc3)cc2)ccc1O. The van der Waals surface area contributed by atoms with Gasteiger partial charge in [-0.25, -0.2) is 5.43 Å². The summed E-state index contributed by atoms with van der Waals surface area (Å²) in [6, 6.07) is 22.2. The van der Waals surface area contributed by atoms with Crippen LogP contribution in [0, 0.1) is 0 Å². The first-order chi connectivity index (χ1) is 13.2. The second-order valence-electron chi connectivity index (χ2n) is 5.80. The molecule has 2 N–H and O–H groups in total. The van der Waals surface area contributed by atoms with E-state index in [1.54, 1.807) is 24.3 Å². The van der Waals surface area contributed by atoms with Crippen LogP contribution in [0.1, 0.15) is 22.8 Å². The van der Waals surface area contributed by atoms with Crippen molar-refractivity contribution in [2.24, 2.45) is 5.10 Å². The van der Waals surface area contributed by atoms with Crippen LogP contribution in [-0.4, -0.2) is 23.8 Å². The predicted molar refractivity (Wildman–Crippen MR) is 106 cm³/mol. The topological polar surface area (TPSA) is 70.9 Å². The van der Waals surface area contributed by atoms with Crippen molar-refractivity contribution in [3.8, 4) is 22.6 Å². The molecule has 0 spiro atoms. The lowest BCUT2D eigenvalue weighted by atomic mass is 10.0. The Balaban J connectivity index is 1.64. The zero-order chi connectivity index (χ0) is 19.1. The molecule has 0 saturated carbocycles.